The number of carboxylic acid groups (broad SMARTS) is 1. The summed E-state index contributed by atoms with van der Waals surface area (Å²) in [6.45, 7) is 0.247. The molecule has 0 bridgehead atoms. The van der Waals surface area contributed by atoms with Gasteiger partial charge in [-0.15, -0.1) is 0 Å². The minimum atomic E-state index is -4.93. The van der Waals surface area contributed by atoms with E-state index >= 15 is 0 Å². The van der Waals surface area contributed by atoms with Crippen LogP contribution in [0.3, 0.4) is 0 Å². The summed E-state index contributed by atoms with van der Waals surface area (Å²) in [6, 6.07) is 0.775. The van der Waals surface area contributed by atoms with Crippen LogP contribution >= 0.6 is 0 Å². The lowest BCUT2D eigenvalue weighted by Crippen LogP contribution is -2.47. The molecule has 1 aromatic carbocycles. The standard InChI is InChI=1S/C12H12F4N2O4/c1-11(22,9(19)20)5-17-10(21)18-6-2-3-8(13)7(4-6)12(14,15)16/h2-4,22H,5H2,1H3,(H,19,20)(H2,17,18,21). The van der Waals surface area contributed by atoms with E-state index in [1.165, 1.54) is 0 Å². The molecule has 0 saturated carbocycles. The Labute approximate surface area is 121 Å². The van der Waals surface area contributed by atoms with Crippen LogP contribution in [0, 0.1) is 5.82 Å². The average Bonchev–Trinajstić information content (AvgIpc) is 2.37. The van der Waals surface area contributed by atoms with E-state index in [1.807, 2.05) is 10.6 Å². The quantitative estimate of drug-likeness (QED) is 0.635. The van der Waals surface area contributed by atoms with Crippen LogP contribution in [0.1, 0.15) is 12.5 Å². The fourth-order valence-corrected chi connectivity index (χ4v) is 1.32. The highest BCUT2D eigenvalue weighted by Crippen LogP contribution is 2.32. The zero-order valence-electron chi connectivity index (χ0n) is 11.2. The molecule has 1 aromatic rings. The van der Waals surface area contributed by atoms with Crippen molar-refractivity contribution in [2.45, 2.75) is 18.7 Å². The van der Waals surface area contributed by atoms with Gasteiger partial charge in [0.05, 0.1) is 12.1 Å². The minimum absolute atomic E-state index is 0.346. The summed E-state index contributed by atoms with van der Waals surface area (Å²) in [5.41, 5.74) is -4.14. The molecule has 0 radical (unpaired) electrons. The van der Waals surface area contributed by atoms with Gasteiger partial charge >= 0.3 is 18.2 Å². The first-order chi connectivity index (χ1) is 9.93. The largest absolute Gasteiger partial charge is 0.479 e. The molecular formula is C12H12F4N2O4. The van der Waals surface area contributed by atoms with E-state index in [4.69, 9.17) is 5.11 Å². The van der Waals surface area contributed by atoms with Gasteiger partial charge < -0.3 is 20.8 Å². The number of alkyl halides is 3. The van der Waals surface area contributed by atoms with Crippen LogP contribution in [0.4, 0.5) is 28.0 Å². The number of carbonyl (C=O) groups excluding carboxylic acids is 1. The maximum Gasteiger partial charge on any atom is 0.419 e. The second-order valence-corrected chi connectivity index (χ2v) is 4.58. The molecule has 6 nitrogen and oxygen atoms in total. The number of hydrogen-bond donors (Lipinski definition) is 4. The first kappa shape index (κ1) is 17.7. The first-order valence-corrected chi connectivity index (χ1v) is 5.81. The summed E-state index contributed by atoms with van der Waals surface area (Å²) >= 11 is 0. The van der Waals surface area contributed by atoms with Gasteiger partial charge in [-0.25, -0.2) is 14.0 Å². The van der Waals surface area contributed by atoms with Gasteiger partial charge in [0.25, 0.3) is 0 Å². The summed E-state index contributed by atoms with van der Waals surface area (Å²) in [5, 5.41) is 21.9. The van der Waals surface area contributed by atoms with Gasteiger partial charge in [-0.05, 0) is 25.1 Å². The molecule has 22 heavy (non-hydrogen) atoms. The van der Waals surface area contributed by atoms with Crippen LogP contribution < -0.4 is 10.6 Å². The molecule has 0 aliphatic heterocycles. The number of carbonyl (C=O) groups is 2. The zero-order valence-corrected chi connectivity index (χ0v) is 11.2. The molecule has 0 saturated heterocycles. The fraction of sp³-hybridized carbons (Fsp3) is 0.333. The predicted molar refractivity (Wildman–Crippen MR) is 66.7 cm³/mol. The Balaban J connectivity index is 2.76. The molecule has 0 aliphatic carbocycles. The molecular weight excluding hydrogens is 312 g/mol. The van der Waals surface area contributed by atoms with Gasteiger partial charge in [-0.2, -0.15) is 13.2 Å². The number of aliphatic hydroxyl groups is 1. The van der Waals surface area contributed by atoms with Gasteiger partial charge in [-0.3, -0.25) is 0 Å². The summed E-state index contributed by atoms with van der Waals surface area (Å²) in [5.74, 6) is -3.08. The number of urea groups is 1. The van der Waals surface area contributed by atoms with Crippen molar-refractivity contribution in [2.24, 2.45) is 0 Å². The van der Waals surface area contributed by atoms with Crippen LogP contribution in [-0.2, 0) is 11.0 Å². The van der Waals surface area contributed by atoms with E-state index in [0.29, 0.717) is 12.1 Å². The molecule has 0 aliphatic rings. The van der Waals surface area contributed by atoms with Crippen molar-refractivity contribution >= 4 is 17.7 Å². The first-order valence-electron chi connectivity index (χ1n) is 5.81. The van der Waals surface area contributed by atoms with Crippen LogP contribution in [-0.4, -0.2) is 34.4 Å². The Morgan fingerprint density at radius 3 is 2.36 bits per heavy atom. The zero-order chi connectivity index (χ0) is 17.1. The third kappa shape index (κ3) is 4.58. The molecule has 4 N–H and O–H groups in total. The molecule has 2 amide bonds. The van der Waals surface area contributed by atoms with Crippen molar-refractivity contribution < 1.29 is 37.4 Å². The van der Waals surface area contributed by atoms with Crippen LogP contribution in [0.25, 0.3) is 0 Å². The smallest absolute Gasteiger partial charge is 0.419 e. The van der Waals surface area contributed by atoms with Gasteiger partial charge in [0.2, 0.25) is 0 Å². The molecule has 0 aromatic heterocycles. The van der Waals surface area contributed by atoms with E-state index in [1.54, 1.807) is 0 Å². The molecule has 1 unspecified atom stereocenters. The molecule has 0 heterocycles. The number of halogens is 4. The normalized spacial score (nSPS) is 14.1. The van der Waals surface area contributed by atoms with Crippen LogP contribution in [0.2, 0.25) is 0 Å². The monoisotopic (exact) mass is 324 g/mol. The summed E-state index contributed by atoms with van der Waals surface area (Å²) in [4.78, 5) is 22.0. The number of amides is 2. The Morgan fingerprint density at radius 2 is 1.86 bits per heavy atom. The van der Waals surface area contributed by atoms with Gasteiger partial charge in [0.15, 0.2) is 5.60 Å². The summed E-state index contributed by atoms with van der Waals surface area (Å²) < 4.78 is 50.5. The topological polar surface area (TPSA) is 98.7 Å². The van der Waals surface area contributed by atoms with E-state index in [2.05, 4.69) is 0 Å². The van der Waals surface area contributed by atoms with Crippen molar-refractivity contribution in [1.29, 1.82) is 0 Å². The second kappa shape index (κ2) is 6.18. The number of hydrogen-bond acceptors (Lipinski definition) is 3. The number of benzene rings is 1. The second-order valence-electron chi connectivity index (χ2n) is 4.58. The van der Waals surface area contributed by atoms with Crippen LogP contribution in [0.5, 0.6) is 0 Å². The summed E-state index contributed by atoms with van der Waals surface area (Å²) in [6.07, 6.45) is -4.93. The van der Waals surface area contributed by atoms with Crippen LogP contribution in [0.15, 0.2) is 18.2 Å². The third-order valence-electron chi connectivity index (χ3n) is 2.58. The minimum Gasteiger partial charge on any atom is -0.479 e. The molecule has 1 atom stereocenters. The number of rotatable bonds is 4. The number of anilines is 1. The SMILES string of the molecule is CC(O)(CNC(=O)Nc1ccc(F)c(C(F)(F)F)c1)C(=O)O. The summed E-state index contributed by atoms with van der Waals surface area (Å²) in [7, 11) is 0. The van der Waals surface area contributed by atoms with Gasteiger partial charge in [-0.1, -0.05) is 0 Å². The third-order valence-corrected chi connectivity index (χ3v) is 2.58. The van der Waals surface area contributed by atoms with E-state index < -0.39 is 41.7 Å². The maximum absolute atomic E-state index is 13.0. The maximum atomic E-state index is 13.0. The highest BCUT2D eigenvalue weighted by atomic mass is 19.4. The Kier molecular flexibility index (Phi) is 4.97. The molecule has 0 spiro atoms. The van der Waals surface area contributed by atoms with Crippen molar-refractivity contribution in [3.8, 4) is 0 Å². The number of carboxylic acids is 1. The highest BCUT2D eigenvalue weighted by molar-refractivity contribution is 5.90. The van der Waals surface area contributed by atoms with E-state index in [0.717, 1.165) is 13.0 Å². The Bertz CT molecular complexity index is 587. The molecule has 0 fully saturated rings. The number of nitrogens with one attached hydrogen (secondary N) is 2. The van der Waals surface area contributed by atoms with Crippen molar-refractivity contribution in [1.82, 2.24) is 5.32 Å². The number of aliphatic carboxylic acids is 1. The highest BCUT2D eigenvalue weighted by Gasteiger charge is 2.34. The lowest BCUT2D eigenvalue weighted by molar-refractivity contribution is -0.155. The molecule has 122 valence electrons. The van der Waals surface area contributed by atoms with E-state index in [9.17, 15) is 32.3 Å². The molecule has 10 heteroatoms. The van der Waals surface area contributed by atoms with Crippen molar-refractivity contribution in [3.63, 3.8) is 0 Å². The lowest BCUT2D eigenvalue weighted by atomic mass is 10.1. The fourth-order valence-electron chi connectivity index (χ4n) is 1.32. The lowest BCUT2D eigenvalue weighted by Gasteiger charge is -2.18. The van der Waals surface area contributed by atoms with Gasteiger partial charge in [0.1, 0.15) is 5.82 Å². The Morgan fingerprint density at radius 1 is 1.27 bits per heavy atom. The molecule has 1 rings (SSSR count). The Hall–Kier alpha value is -2.36. The van der Waals surface area contributed by atoms with Crippen molar-refractivity contribution in [2.75, 3.05) is 11.9 Å². The van der Waals surface area contributed by atoms with E-state index in [-0.39, 0.29) is 5.69 Å². The average molecular weight is 324 g/mol. The van der Waals surface area contributed by atoms with Crippen molar-refractivity contribution in [3.05, 3.63) is 29.6 Å². The van der Waals surface area contributed by atoms with Gasteiger partial charge in [0, 0.05) is 5.69 Å². The predicted octanol–water partition coefficient (Wildman–Crippen LogP) is 1.80.